The summed E-state index contributed by atoms with van der Waals surface area (Å²) in [4.78, 5) is 45.7. The van der Waals surface area contributed by atoms with Crippen LogP contribution >= 0.6 is 0 Å². The summed E-state index contributed by atoms with van der Waals surface area (Å²) in [6, 6.07) is 14.1. The van der Waals surface area contributed by atoms with Gasteiger partial charge >= 0.3 is 5.97 Å². The minimum atomic E-state index is -0.735. The minimum absolute atomic E-state index is 0.00501. The fourth-order valence-electron chi connectivity index (χ4n) is 3.40. The number of aromatic amines is 1. The molecule has 2 unspecified atom stereocenters. The number of esters is 1. The van der Waals surface area contributed by atoms with Crippen molar-refractivity contribution in [2.24, 2.45) is 0 Å². The number of H-pyrrole nitrogens is 1. The SMILES string of the molecule is CC1Oc2ccccc2N(CCC(=O)OC(C)c2nc3ccccc3c(=O)[nH]2)C1=O. The normalized spacial score (nSPS) is 16.7. The molecule has 4 rings (SSSR count). The van der Waals surface area contributed by atoms with Crippen molar-refractivity contribution >= 4 is 28.5 Å². The minimum Gasteiger partial charge on any atom is -0.479 e. The highest BCUT2D eigenvalue weighted by atomic mass is 16.5. The smallest absolute Gasteiger partial charge is 0.308 e. The van der Waals surface area contributed by atoms with Gasteiger partial charge in [-0.15, -0.1) is 0 Å². The van der Waals surface area contributed by atoms with E-state index in [0.29, 0.717) is 22.3 Å². The van der Waals surface area contributed by atoms with Gasteiger partial charge in [0, 0.05) is 6.54 Å². The van der Waals surface area contributed by atoms with Crippen LogP contribution in [0.25, 0.3) is 10.9 Å². The molecule has 0 spiro atoms. The predicted molar refractivity (Wildman–Crippen MR) is 110 cm³/mol. The van der Waals surface area contributed by atoms with E-state index in [2.05, 4.69) is 9.97 Å². The van der Waals surface area contributed by atoms with E-state index in [0.717, 1.165) is 0 Å². The second kappa shape index (κ2) is 7.98. The van der Waals surface area contributed by atoms with E-state index in [-0.39, 0.29) is 30.3 Å². The molecule has 154 valence electrons. The van der Waals surface area contributed by atoms with Gasteiger partial charge in [0.05, 0.1) is 23.0 Å². The van der Waals surface area contributed by atoms with Crippen LogP contribution in [0.2, 0.25) is 0 Å². The molecule has 30 heavy (non-hydrogen) atoms. The van der Waals surface area contributed by atoms with Crippen molar-refractivity contribution in [2.45, 2.75) is 32.5 Å². The van der Waals surface area contributed by atoms with E-state index >= 15 is 0 Å². The van der Waals surface area contributed by atoms with Gasteiger partial charge in [0.2, 0.25) is 0 Å². The summed E-state index contributed by atoms with van der Waals surface area (Å²) < 4.78 is 11.0. The van der Waals surface area contributed by atoms with Gasteiger partial charge in [-0.3, -0.25) is 14.4 Å². The maximum atomic E-state index is 12.5. The van der Waals surface area contributed by atoms with Gasteiger partial charge in [0.1, 0.15) is 5.75 Å². The first kappa shape index (κ1) is 19.6. The molecule has 0 aliphatic carbocycles. The molecule has 0 radical (unpaired) electrons. The topological polar surface area (TPSA) is 102 Å². The summed E-state index contributed by atoms with van der Waals surface area (Å²) in [5.41, 5.74) is 0.869. The zero-order valence-corrected chi connectivity index (χ0v) is 16.6. The first-order valence-corrected chi connectivity index (χ1v) is 9.69. The Balaban J connectivity index is 1.44. The van der Waals surface area contributed by atoms with Gasteiger partial charge in [-0.1, -0.05) is 24.3 Å². The zero-order chi connectivity index (χ0) is 21.3. The number of rotatable bonds is 5. The lowest BCUT2D eigenvalue weighted by Gasteiger charge is -2.32. The van der Waals surface area contributed by atoms with Crippen LogP contribution in [-0.4, -0.2) is 34.5 Å². The molecular weight excluding hydrogens is 386 g/mol. The van der Waals surface area contributed by atoms with Crippen LogP contribution in [0.1, 0.15) is 32.2 Å². The molecule has 1 aromatic heterocycles. The lowest BCUT2D eigenvalue weighted by molar-refractivity contribution is -0.148. The summed E-state index contributed by atoms with van der Waals surface area (Å²) in [7, 11) is 0. The number of fused-ring (bicyclic) bond motifs is 2. The van der Waals surface area contributed by atoms with Crippen LogP contribution in [0.15, 0.2) is 53.3 Å². The predicted octanol–water partition coefficient (Wildman–Crippen LogP) is 2.73. The standard InChI is InChI=1S/C22H21N3O5/c1-13(20-23-16-8-4-3-7-15(16)21(27)24-20)30-19(26)11-12-25-17-9-5-6-10-18(17)29-14(2)22(25)28/h3-10,13-14H,11-12H2,1-2H3,(H,23,24,27). The molecule has 3 aromatic rings. The third-order valence-corrected chi connectivity index (χ3v) is 4.94. The molecule has 1 N–H and O–H groups in total. The van der Waals surface area contributed by atoms with Crippen LogP contribution in [0.5, 0.6) is 5.75 Å². The number of aromatic nitrogens is 2. The number of para-hydroxylation sites is 3. The third-order valence-electron chi connectivity index (χ3n) is 4.94. The van der Waals surface area contributed by atoms with Crippen LogP contribution in [0, 0.1) is 0 Å². The molecule has 0 saturated carbocycles. The Morgan fingerprint density at radius 1 is 1.20 bits per heavy atom. The van der Waals surface area contributed by atoms with Crippen LogP contribution in [0.3, 0.4) is 0 Å². The van der Waals surface area contributed by atoms with Gasteiger partial charge in [0.15, 0.2) is 18.0 Å². The molecule has 0 saturated heterocycles. The Hall–Kier alpha value is -3.68. The number of ether oxygens (including phenoxy) is 2. The third kappa shape index (κ3) is 3.76. The second-order valence-electron chi connectivity index (χ2n) is 7.07. The second-order valence-corrected chi connectivity index (χ2v) is 7.07. The number of nitrogens with zero attached hydrogens (tertiary/aromatic N) is 2. The van der Waals surface area contributed by atoms with E-state index in [1.165, 1.54) is 4.90 Å². The lowest BCUT2D eigenvalue weighted by Crippen LogP contribution is -2.45. The molecule has 8 nitrogen and oxygen atoms in total. The summed E-state index contributed by atoms with van der Waals surface area (Å²) in [6.07, 6.45) is -1.36. The number of anilines is 1. The highest BCUT2D eigenvalue weighted by Crippen LogP contribution is 2.33. The lowest BCUT2D eigenvalue weighted by atomic mass is 10.2. The summed E-state index contributed by atoms with van der Waals surface area (Å²) in [5.74, 6) is 0.163. The molecule has 1 amide bonds. The van der Waals surface area contributed by atoms with Crippen molar-refractivity contribution in [1.29, 1.82) is 0 Å². The van der Waals surface area contributed by atoms with Crippen LogP contribution in [-0.2, 0) is 14.3 Å². The average Bonchev–Trinajstić information content (AvgIpc) is 2.74. The number of hydrogen-bond donors (Lipinski definition) is 1. The molecule has 8 heteroatoms. The first-order valence-electron chi connectivity index (χ1n) is 9.69. The molecule has 0 fully saturated rings. The van der Waals surface area contributed by atoms with Gasteiger partial charge in [-0.2, -0.15) is 0 Å². The maximum Gasteiger partial charge on any atom is 0.308 e. The highest BCUT2D eigenvalue weighted by molar-refractivity contribution is 6.00. The van der Waals surface area contributed by atoms with Crippen molar-refractivity contribution in [2.75, 3.05) is 11.4 Å². The Labute approximate surface area is 172 Å². The summed E-state index contributed by atoms with van der Waals surface area (Å²) in [6.45, 7) is 3.48. The van der Waals surface area contributed by atoms with Crippen LogP contribution in [0.4, 0.5) is 5.69 Å². The monoisotopic (exact) mass is 407 g/mol. The van der Waals surface area contributed by atoms with E-state index < -0.39 is 18.2 Å². The Morgan fingerprint density at radius 2 is 1.93 bits per heavy atom. The van der Waals surface area contributed by atoms with E-state index in [4.69, 9.17) is 9.47 Å². The molecule has 2 atom stereocenters. The number of benzene rings is 2. The van der Waals surface area contributed by atoms with Crippen molar-refractivity contribution in [3.63, 3.8) is 0 Å². The molecule has 0 bridgehead atoms. The van der Waals surface area contributed by atoms with Gasteiger partial charge in [0.25, 0.3) is 11.5 Å². The van der Waals surface area contributed by atoms with Gasteiger partial charge < -0.3 is 19.4 Å². The number of hydrogen-bond acceptors (Lipinski definition) is 6. The number of nitrogens with one attached hydrogen (secondary N) is 1. The summed E-state index contributed by atoms with van der Waals surface area (Å²) >= 11 is 0. The first-order chi connectivity index (χ1) is 14.4. The Bertz CT molecular complexity index is 1170. The van der Waals surface area contributed by atoms with Gasteiger partial charge in [-0.25, -0.2) is 4.98 Å². The fourth-order valence-corrected chi connectivity index (χ4v) is 3.40. The number of carbonyl (C=O) groups excluding carboxylic acids is 2. The largest absolute Gasteiger partial charge is 0.479 e. The molecule has 1 aliphatic heterocycles. The van der Waals surface area contributed by atoms with E-state index in [1.54, 1.807) is 56.3 Å². The number of carbonyl (C=O) groups is 2. The highest BCUT2D eigenvalue weighted by Gasteiger charge is 2.31. The van der Waals surface area contributed by atoms with Crippen molar-refractivity contribution in [1.82, 2.24) is 9.97 Å². The Morgan fingerprint density at radius 3 is 2.77 bits per heavy atom. The maximum absolute atomic E-state index is 12.5. The van der Waals surface area contributed by atoms with Crippen molar-refractivity contribution in [3.05, 3.63) is 64.7 Å². The number of amides is 1. The average molecular weight is 407 g/mol. The fraction of sp³-hybridized carbons (Fsp3) is 0.273. The molecule has 2 heterocycles. The van der Waals surface area contributed by atoms with Crippen molar-refractivity contribution < 1.29 is 19.1 Å². The molecule has 2 aromatic carbocycles. The van der Waals surface area contributed by atoms with Crippen molar-refractivity contribution in [3.8, 4) is 5.75 Å². The quantitative estimate of drug-likeness (QED) is 0.653. The molecule has 1 aliphatic rings. The van der Waals surface area contributed by atoms with Crippen LogP contribution < -0.4 is 15.2 Å². The Kier molecular flexibility index (Phi) is 5.22. The molecular formula is C22H21N3O5. The van der Waals surface area contributed by atoms with Gasteiger partial charge in [-0.05, 0) is 38.1 Å². The van der Waals surface area contributed by atoms with E-state index in [9.17, 15) is 14.4 Å². The summed E-state index contributed by atoms with van der Waals surface area (Å²) in [5, 5.41) is 0.471. The zero-order valence-electron chi connectivity index (χ0n) is 16.6. The van der Waals surface area contributed by atoms with E-state index in [1.807, 2.05) is 6.07 Å².